The topological polar surface area (TPSA) is 46.5 Å². The summed E-state index contributed by atoms with van der Waals surface area (Å²) >= 11 is 1.31. The molecule has 3 nitrogen and oxygen atoms in total. The number of benzene rings is 1. The van der Waals surface area contributed by atoms with Crippen molar-refractivity contribution in [3.05, 3.63) is 29.6 Å². The van der Waals surface area contributed by atoms with E-state index in [1.165, 1.54) is 30.0 Å². The van der Waals surface area contributed by atoms with Crippen LogP contribution in [-0.2, 0) is 4.74 Å². The summed E-state index contributed by atoms with van der Waals surface area (Å²) in [6.45, 7) is 0.767. The zero-order valence-corrected chi connectivity index (χ0v) is 10.0. The minimum Gasteiger partial charge on any atom is -0.478 e. The number of rotatable bonds is 4. The first kappa shape index (κ1) is 12.4. The monoisotopic (exact) mass is 256 g/mol. The fourth-order valence-electron chi connectivity index (χ4n) is 1.71. The van der Waals surface area contributed by atoms with E-state index in [0.29, 0.717) is 10.6 Å². The normalized spacial score (nSPS) is 19.5. The maximum Gasteiger partial charge on any atom is 0.335 e. The third-order valence-corrected chi connectivity index (χ3v) is 3.79. The van der Waals surface area contributed by atoms with Gasteiger partial charge in [-0.05, 0) is 31.0 Å². The third kappa shape index (κ3) is 3.20. The molecule has 1 N–H and O–H groups in total. The molecule has 0 saturated carbocycles. The van der Waals surface area contributed by atoms with Crippen LogP contribution in [0.1, 0.15) is 23.2 Å². The molecule has 1 saturated heterocycles. The van der Waals surface area contributed by atoms with Crippen LogP contribution >= 0.6 is 11.8 Å². The highest BCUT2D eigenvalue weighted by Crippen LogP contribution is 2.26. The minimum atomic E-state index is -1.04. The molecule has 1 aromatic rings. The van der Waals surface area contributed by atoms with Crippen molar-refractivity contribution in [3.8, 4) is 0 Å². The molecule has 17 heavy (non-hydrogen) atoms. The van der Waals surface area contributed by atoms with Gasteiger partial charge in [-0.2, -0.15) is 0 Å². The van der Waals surface area contributed by atoms with Gasteiger partial charge in [-0.25, -0.2) is 9.18 Å². The maximum atomic E-state index is 13.5. The van der Waals surface area contributed by atoms with E-state index < -0.39 is 5.97 Å². The van der Waals surface area contributed by atoms with Crippen LogP contribution in [0.15, 0.2) is 23.1 Å². The number of halogens is 1. The van der Waals surface area contributed by atoms with Crippen LogP contribution in [0, 0.1) is 5.82 Å². The van der Waals surface area contributed by atoms with Gasteiger partial charge < -0.3 is 9.84 Å². The Morgan fingerprint density at radius 1 is 1.59 bits per heavy atom. The van der Waals surface area contributed by atoms with Crippen LogP contribution in [-0.4, -0.2) is 29.5 Å². The largest absolute Gasteiger partial charge is 0.478 e. The van der Waals surface area contributed by atoms with E-state index in [0.717, 1.165) is 19.4 Å². The predicted molar refractivity (Wildman–Crippen MR) is 63.1 cm³/mol. The highest BCUT2D eigenvalue weighted by molar-refractivity contribution is 7.99. The van der Waals surface area contributed by atoms with Crippen molar-refractivity contribution in [1.29, 1.82) is 0 Å². The lowest BCUT2D eigenvalue weighted by atomic mass is 10.2. The van der Waals surface area contributed by atoms with Gasteiger partial charge in [0, 0.05) is 17.3 Å². The van der Waals surface area contributed by atoms with Crippen molar-refractivity contribution in [3.63, 3.8) is 0 Å². The predicted octanol–water partition coefficient (Wildman–Crippen LogP) is 2.80. The Morgan fingerprint density at radius 3 is 3.06 bits per heavy atom. The molecule has 1 aliphatic heterocycles. The third-order valence-electron chi connectivity index (χ3n) is 2.63. The van der Waals surface area contributed by atoms with E-state index in [1.807, 2.05) is 0 Å². The molecule has 92 valence electrons. The van der Waals surface area contributed by atoms with Gasteiger partial charge in [-0.1, -0.05) is 0 Å². The first-order chi connectivity index (χ1) is 8.16. The summed E-state index contributed by atoms with van der Waals surface area (Å²) in [5, 5.41) is 8.82. The van der Waals surface area contributed by atoms with Crippen molar-refractivity contribution >= 4 is 17.7 Å². The molecular formula is C12H13FO3S. The molecule has 0 spiro atoms. The molecule has 0 aromatic heterocycles. The van der Waals surface area contributed by atoms with Gasteiger partial charge in [0.2, 0.25) is 0 Å². The molecule has 0 bridgehead atoms. The highest BCUT2D eigenvalue weighted by atomic mass is 32.2. The lowest BCUT2D eigenvalue weighted by Crippen LogP contribution is -2.08. The minimum absolute atomic E-state index is 0.112. The maximum absolute atomic E-state index is 13.5. The lowest BCUT2D eigenvalue weighted by Gasteiger charge is -2.09. The van der Waals surface area contributed by atoms with E-state index in [9.17, 15) is 9.18 Å². The first-order valence-electron chi connectivity index (χ1n) is 5.44. The standard InChI is InChI=1S/C12H13FO3S/c13-10-4-3-8(12(14)15)6-11(10)17-7-9-2-1-5-16-9/h3-4,6,9H,1-2,5,7H2,(H,14,15). The van der Waals surface area contributed by atoms with Crippen LogP contribution in [0.4, 0.5) is 4.39 Å². The van der Waals surface area contributed by atoms with Crippen LogP contribution in [0.3, 0.4) is 0 Å². The second-order valence-corrected chi connectivity index (χ2v) is 4.96. The number of thioether (sulfide) groups is 1. The van der Waals surface area contributed by atoms with Gasteiger partial charge in [0.25, 0.3) is 0 Å². The number of carboxylic acid groups (broad SMARTS) is 1. The number of hydrogen-bond acceptors (Lipinski definition) is 3. The SMILES string of the molecule is O=C(O)c1ccc(F)c(SCC2CCCO2)c1. The van der Waals surface area contributed by atoms with Gasteiger partial charge >= 0.3 is 5.97 Å². The molecule has 1 unspecified atom stereocenters. The zero-order valence-electron chi connectivity index (χ0n) is 9.19. The summed E-state index contributed by atoms with van der Waals surface area (Å²) in [6.07, 6.45) is 2.20. The number of ether oxygens (including phenoxy) is 1. The summed E-state index contributed by atoms with van der Waals surface area (Å²) in [4.78, 5) is 11.1. The summed E-state index contributed by atoms with van der Waals surface area (Å²) in [7, 11) is 0. The number of aromatic carboxylic acids is 1. The Labute approximate surface area is 103 Å². The fraction of sp³-hybridized carbons (Fsp3) is 0.417. The number of carbonyl (C=O) groups is 1. The molecule has 0 amide bonds. The lowest BCUT2D eigenvalue weighted by molar-refractivity contribution is 0.0696. The molecule has 1 aromatic carbocycles. The van der Waals surface area contributed by atoms with Crippen LogP contribution in [0.5, 0.6) is 0 Å². The van der Waals surface area contributed by atoms with Gasteiger partial charge in [0.15, 0.2) is 0 Å². The molecule has 1 atom stereocenters. The molecule has 0 radical (unpaired) electrons. The van der Waals surface area contributed by atoms with Crippen LogP contribution < -0.4 is 0 Å². The molecular weight excluding hydrogens is 243 g/mol. The van der Waals surface area contributed by atoms with Gasteiger partial charge in [0.1, 0.15) is 5.82 Å². The van der Waals surface area contributed by atoms with Crippen molar-refractivity contribution < 1.29 is 19.0 Å². The van der Waals surface area contributed by atoms with E-state index in [1.54, 1.807) is 0 Å². The summed E-state index contributed by atoms with van der Waals surface area (Å²) in [6, 6.07) is 3.84. The Bertz CT molecular complexity index is 416. The molecule has 5 heteroatoms. The summed E-state index contributed by atoms with van der Waals surface area (Å²) < 4.78 is 18.9. The van der Waals surface area contributed by atoms with E-state index in [2.05, 4.69) is 0 Å². The molecule has 2 rings (SSSR count). The molecule has 1 aliphatic rings. The quantitative estimate of drug-likeness (QED) is 0.841. The average molecular weight is 256 g/mol. The zero-order chi connectivity index (χ0) is 12.3. The van der Waals surface area contributed by atoms with E-state index in [4.69, 9.17) is 9.84 Å². The second-order valence-electron chi connectivity index (χ2n) is 3.90. The number of carboxylic acids is 1. The van der Waals surface area contributed by atoms with Crippen molar-refractivity contribution in [2.24, 2.45) is 0 Å². The van der Waals surface area contributed by atoms with E-state index >= 15 is 0 Å². The fourth-order valence-corrected chi connectivity index (χ4v) is 2.75. The van der Waals surface area contributed by atoms with Crippen molar-refractivity contribution in [1.82, 2.24) is 0 Å². The molecule has 0 aliphatic carbocycles. The Morgan fingerprint density at radius 2 is 2.41 bits per heavy atom. The van der Waals surface area contributed by atoms with Gasteiger partial charge in [0.05, 0.1) is 11.7 Å². The van der Waals surface area contributed by atoms with E-state index in [-0.39, 0.29) is 17.5 Å². The smallest absolute Gasteiger partial charge is 0.335 e. The van der Waals surface area contributed by atoms with Crippen molar-refractivity contribution in [2.45, 2.75) is 23.8 Å². The summed E-state index contributed by atoms with van der Waals surface area (Å²) in [5.74, 6) is -0.748. The average Bonchev–Trinajstić information content (AvgIpc) is 2.80. The van der Waals surface area contributed by atoms with Gasteiger partial charge in [-0.3, -0.25) is 0 Å². The molecule has 1 heterocycles. The number of hydrogen-bond donors (Lipinski definition) is 1. The first-order valence-corrected chi connectivity index (χ1v) is 6.42. The highest BCUT2D eigenvalue weighted by Gasteiger charge is 2.17. The van der Waals surface area contributed by atoms with Gasteiger partial charge in [-0.15, -0.1) is 11.8 Å². The van der Waals surface area contributed by atoms with Crippen molar-refractivity contribution in [2.75, 3.05) is 12.4 Å². The summed E-state index contributed by atoms with van der Waals surface area (Å²) in [5.41, 5.74) is 0.112. The Balaban J connectivity index is 2.03. The second kappa shape index (κ2) is 5.51. The van der Waals surface area contributed by atoms with Crippen LogP contribution in [0.25, 0.3) is 0 Å². The Kier molecular flexibility index (Phi) is 4.02. The molecule has 1 fully saturated rings. The van der Waals surface area contributed by atoms with Crippen LogP contribution in [0.2, 0.25) is 0 Å². The Hall–Kier alpha value is -1.07.